The Balaban J connectivity index is 2.81. The minimum atomic E-state index is -0.889. The molecule has 1 radical (unpaired) electrons. The summed E-state index contributed by atoms with van der Waals surface area (Å²) in [6.45, 7) is 2.03. The molecule has 0 saturated heterocycles. The van der Waals surface area contributed by atoms with E-state index < -0.39 is 12.2 Å². The molecule has 0 heterocycles. The van der Waals surface area contributed by atoms with Crippen molar-refractivity contribution in [3.05, 3.63) is 35.9 Å². The van der Waals surface area contributed by atoms with Crippen LogP contribution in [0.25, 0.3) is 0 Å². The first-order chi connectivity index (χ1) is 10.1. The Morgan fingerprint density at radius 1 is 1.52 bits per heavy atom. The summed E-state index contributed by atoms with van der Waals surface area (Å²) in [5.74, 6) is -0.192. The summed E-state index contributed by atoms with van der Waals surface area (Å²) >= 11 is 0. The second-order valence-corrected chi connectivity index (χ2v) is 4.20. The molecule has 6 nitrogen and oxygen atoms in total. The van der Waals surface area contributed by atoms with Crippen LogP contribution in [0.15, 0.2) is 30.4 Å². The number of anilines is 1. The molecule has 1 rings (SSSR count). The number of aliphatic hydroxyl groups is 1. The summed E-state index contributed by atoms with van der Waals surface area (Å²) in [7, 11) is 4.49. The molecule has 0 saturated carbocycles. The lowest BCUT2D eigenvalue weighted by Gasteiger charge is -2.11. The smallest absolute Gasteiger partial charge is 0.422 e. The molecule has 1 aromatic rings. The zero-order chi connectivity index (χ0) is 15.7. The van der Waals surface area contributed by atoms with Crippen LogP contribution in [0.2, 0.25) is 0 Å². The number of aliphatic hydroxyl groups excluding tert-OH is 1. The van der Waals surface area contributed by atoms with E-state index in [1.807, 2.05) is 19.1 Å². The van der Waals surface area contributed by atoms with Crippen molar-refractivity contribution in [2.75, 3.05) is 19.4 Å². The van der Waals surface area contributed by atoms with E-state index in [9.17, 15) is 9.90 Å². The highest BCUT2D eigenvalue weighted by Gasteiger charge is 2.09. The number of likely N-dealkylation sites (N-methyl/N-ethyl adjacent to an activating group) is 1. The highest BCUT2D eigenvalue weighted by Crippen LogP contribution is 2.26. The van der Waals surface area contributed by atoms with Gasteiger partial charge in [0.05, 0.1) is 5.69 Å². The van der Waals surface area contributed by atoms with Crippen LogP contribution >= 0.6 is 0 Å². The van der Waals surface area contributed by atoms with Crippen LogP contribution in [-0.2, 0) is 15.9 Å². The van der Waals surface area contributed by atoms with Crippen molar-refractivity contribution in [3.8, 4) is 5.75 Å². The average Bonchev–Trinajstić information content (AvgIpc) is 2.51. The van der Waals surface area contributed by atoms with Gasteiger partial charge in [-0.2, -0.15) is 0 Å². The SMILES string of the molecule is CCc1ccc(OC(=O)/C=C/C(O)NC)c(N[B]OC)c1. The molecule has 21 heavy (non-hydrogen) atoms. The van der Waals surface area contributed by atoms with Gasteiger partial charge >= 0.3 is 13.6 Å². The lowest BCUT2D eigenvalue weighted by molar-refractivity contribution is -0.129. The predicted octanol–water partition coefficient (Wildman–Crippen LogP) is 0.841. The second kappa shape index (κ2) is 9.17. The number of rotatable bonds is 8. The van der Waals surface area contributed by atoms with E-state index in [4.69, 9.17) is 9.39 Å². The van der Waals surface area contributed by atoms with Gasteiger partial charge in [-0.25, -0.2) is 4.79 Å². The highest BCUT2D eigenvalue weighted by molar-refractivity contribution is 6.32. The van der Waals surface area contributed by atoms with Gasteiger partial charge in [0, 0.05) is 13.2 Å². The maximum absolute atomic E-state index is 11.7. The van der Waals surface area contributed by atoms with Crippen LogP contribution in [0.3, 0.4) is 0 Å². The van der Waals surface area contributed by atoms with E-state index in [-0.39, 0.29) is 0 Å². The Kier molecular flexibility index (Phi) is 7.53. The number of nitrogens with one attached hydrogen (secondary N) is 2. The number of esters is 1. The van der Waals surface area contributed by atoms with Gasteiger partial charge in [0.25, 0.3) is 0 Å². The van der Waals surface area contributed by atoms with Gasteiger partial charge in [0.1, 0.15) is 6.23 Å². The lowest BCUT2D eigenvalue weighted by atomic mass is 10.1. The fourth-order valence-corrected chi connectivity index (χ4v) is 1.53. The molecule has 0 bridgehead atoms. The van der Waals surface area contributed by atoms with Crippen molar-refractivity contribution in [2.45, 2.75) is 19.6 Å². The van der Waals surface area contributed by atoms with E-state index in [2.05, 4.69) is 10.5 Å². The van der Waals surface area contributed by atoms with Gasteiger partial charge < -0.3 is 19.7 Å². The fourth-order valence-electron chi connectivity index (χ4n) is 1.53. The van der Waals surface area contributed by atoms with Crippen molar-refractivity contribution in [1.29, 1.82) is 0 Å². The van der Waals surface area contributed by atoms with Gasteiger partial charge in [0.2, 0.25) is 0 Å². The van der Waals surface area contributed by atoms with E-state index in [1.54, 1.807) is 13.1 Å². The van der Waals surface area contributed by atoms with Crippen LogP contribution < -0.4 is 15.3 Å². The Labute approximate surface area is 125 Å². The molecule has 113 valence electrons. The van der Waals surface area contributed by atoms with Crippen molar-refractivity contribution >= 4 is 19.3 Å². The highest BCUT2D eigenvalue weighted by atomic mass is 16.5. The molecular weight excluding hydrogens is 271 g/mol. The molecule has 7 heteroatoms. The quantitative estimate of drug-likeness (QED) is 0.216. The molecule has 1 atom stereocenters. The molecule has 0 fully saturated rings. The zero-order valence-electron chi connectivity index (χ0n) is 12.4. The minimum absolute atomic E-state index is 0.383. The van der Waals surface area contributed by atoms with Crippen LogP contribution in [0, 0.1) is 0 Å². The number of ether oxygens (including phenoxy) is 1. The van der Waals surface area contributed by atoms with E-state index in [1.165, 1.54) is 26.9 Å². The van der Waals surface area contributed by atoms with Gasteiger partial charge in [-0.05, 0) is 37.2 Å². The summed E-state index contributed by atoms with van der Waals surface area (Å²) in [6.07, 6.45) is 2.44. The third kappa shape index (κ3) is 5.99. The molecular formula is C14H20BN2O4. The number of aryl methyl sites for hydroxylation is 1. The molecule has 3 N–H and O–H groups in total. The molecule has 1 aromatic carbocycles. The maximum Gasteiger partial charge on any atom is 0.436 e. The van der Waals surface area contributed by atoms with E-state index in [0.717, 1.165) is 12.0 Å². The summed E-state index contributed by atoms with van der Waals surface area (Å²) < 4.78 is 10.1. The molecule has 0 spiro atoms. The molecule has 0 aliphatic heterocycles. The van der Waals surface area contributed by atoms with Crippen LogP contribution in [0.5, 0.6) is 5.75 Å². The van der Waals surface area contributed by atoms with E-state index in [0.29, 0.717) is 11.4 Å². The summed E-state index contributed by atoms with van der Waals surface area (Å²) in [5, 5.41) is 14.7. The maximum atomic E-state index is 11.7. The molecule has 0 amide bonds. The normalized spacial score (nSPS) is 12.2. The molecule has 0 aromatic heterocycles. The van der Waals surface area contributed by atoms with Gasteiger partial charge in [-0.1, -0.05) is 13.0 Å². The van der Waals surface area contributed by atoms with Crippen LogP contribution in [-0.4, -0.2) is 39.1 Å². The fraction of sp³-hybridized carbons (Fsp3) is 0.357. The van der Waals surface area contributed by atoms with Gasteiger partial charge in [0.15, 0.2) is 5.75 Å². The molecule has 1 unspecified atom stereocenters. The lowest BCUT2D eigenvalue weighted by Crippen LogP contribution is -2.22. The minimum Gasteiger partial charge on any atom is -0.422 e. The summed E-state index contributed by atoms with van der Waals surface area (Å²) in [4.78, 5) is 11.7. The zero-order valence-corrected chi connectivity index (χ0v) is 12.4. The topological polar surface area (TPSA) is 79.8 Å². The Hall–Kier alpha value is -1.83. The monoisotopic (exact) mass is 291 g/mol. The first-order valence-electron chi connectivity index (χ1n) is 6.60. The van der Waals surface area contributed by atoms with Crippen molar-refractivity contribution < 1.29 is 19.3 Å². The van der Waals surface area contributed by atoms with Crippen LogP contribution in [0.1, 0.15) is 12.5 Å². The standard InChI is InChI=1S/C14H20BN2O4/c1-4-10-5-6-12(11(9-10)17-15-20-3)21-14(19)8-7-13(18)16-2/h5-9,13,16-18H,4H2,1-3H3/b8-7+. The van der Waals surface area contributed by atoms with Gasteiger partial charge in [-0.15, -0.1) is 0 Å². The van der Waals surface area contributed by atoms with Crippen molar-refractivity contribution in [1.82, 2.24) is 5.32 Å². The number of hydrogen-bond donors (Lipinski definition) is 3. The summed E-state index contributed by atoms with van der Waals surface area (Å²) in [5.41, 5.74) is 1.73. The molecule has 0 aliphatic carbocycles. The number of carbonyl (C=O) groups excluding carboxylic acids is 1. The van der Waals surface area contributed by atoms with Crippen molar-refractivity contribution in [2.24, 2.45) is 0 Å². The largest absolute Gasteiger partial charge is 0.436 e. The third-order valence-electron chi connectivity index (χ3n) is 2.71. The number of carbonyl (C=O) groups is 1. The second-order valence-electron chi connectivity index (χ2n) is 4.20. The Bertz CT molecular complexity index is 494. The molecule has 0 aliphatic rings. The first kappa shape index (κ1) is 17.2. The van der Waals surface area contributed by atoms with Crippen molar-refractivity contribution in [3.63, 3.8) is 0 Å². The predicted molar refractivity (Wildman–Crippen MR) is 82.0 cm³/mol. The Morgan fingerprint density at radius 2 is 2.29 bits per heavy atom. The van der Waals surface area contributed by atoms with Crippen LogP contribution in [0.4, 0.5) is 5.69 Å². The average molecular weight is 291 g/mol. The number of hydrogen-bond acceptors (Lipinski definition) is 6. The summed E-state index contributed by atoms with van der Waals surface area (Å²) in [6, 6.07) is 5.47. The Morgan fingerprint density at radius 3 is 2.90 bits per heavy atom. The van der Waals surface area contributed by atoms with E-state index >= 15 is 0 Å². The number of benzene rings is 1. The van der Waals surface area contributed by atoms with Gasteiger partial charge in [-0.3, -0.25) is 5.32 Å². The first-order valence-corrected chi connectivity index (χ1v) is 6.60. The third-order valence-corrected chi connectivity index (χ3v) is 2.71.